The number of halogens is 3. The van der Waals surface area contributed by atoms with Crippen LogP contribution >= 0.6 is 43.5 Å². The molecule has 1 heterocycles. The van der Waals surface area contributed by atoms with Crippen LogP contribution in [-0.4, -0.2) is 15.8 Å². The first-order valence-corrected chi connectivity index (χ1v) is 7.40. The van der Waals surface area contributed by atoms with E-state index in [0.29, 0.717) is 14.6 Å². The first-order chi connectivity index (χ1) is 9.86. The minimum Gasteiger partial charge on any atom is -0.319 e. The van der Waals surface area contributed by atoms with Gasteiger partial charge in [0, 0.05) is 32.8 Å². The highest BCUT2D eigenvalue weighted by Crippen LogP contribution is 2.25. The number of nitrogens with one attached hydrogen (secondary N) is 1. The summed E-state index contributed by atoms with van der Waals surface area (Å²) in [6, 6.07) is 5.55. The predicted molar refractivity (Wildman–Crippen MR) is 85.7 cm³/mol. The van der Waals surface area contributed by atoms with Crippen molar-refractivity contribution in [2.45, 2.75) is 0 Å². The number of amides is 1. The molecule has 1 aromatic heterocycles. The lowest BCUT2D eigenvalue weighted by molar-refractivity contribution is -0.384. The quantitative estimate of drug-likeness (QED) is 0.439. The average molecular weight is 435 g/mol. The van der Waals surface area contributed by atoms with E-state index in [1.165, 1.54) is 24.4 Å². The van der Waals surface area contributed by atoms with Crippen LogP contribution in [0.25, 0.3) is 0 Å². The van der Waals surface area contributed by atoms with Crippen LogP contribution < -0.4 is 5.32 Å². The van der Waals surface area contributed by atoms with Gasteiger partial charge in [-0.2, -0.15) is 0 Å². The second-order valence-electron chi connectivity index (χ2n) is 3.90. The molecule has 0 aliphatic rings. The van der Waals surface area contributed by atoms with Crippen LogP contribution in [0.1, 0.15) is 10.4 Å². The third kappa shape index (κ3) is 3.99. The van der Waals surface area contributed by atoms with Gasteiger partial charge in [0.2, 0.25) is 0 Å². The monoisotopic (exact) mass is 433 g/mol. The molecule has 108 valence electrons. The number of rotatable bonds is 3. The topological polar surface area (TPSA) is 85.1 Å². The summed E-state index contributed by atoms with van der Waals surface area (Å²) in [5, 5.41) is 13.5. The second kappa shape index (κ2) is 6.50. The van der Waals surface area contributed by atoms with Gasteiger partial charge >= 0.3 is 0 Å². The molecule has 1 N–H and O–H groups in total. The largest absolute Gasteiger partial charge is 0.319 e. The molecule has 0 spiro atoms. The summed E-state index contributed by atoms with van der Waals surface area (Å²) < 4.78 is 1.07. The van der Waals surface area contributed by atoms with Crippen molar-refractivity contribution < 1.29 is 9.72 Å². The molecule has 2 aromatic rings. The van der Waals surface area contributed by atoms with Gasteiger partial charge in [0.05, 0.1) is 10.6 Å². The Morgan fingerprint density at radius 2 is 1.95 bits per heavy atom. The highest BCUT2D eigenvalue weighted by atomic mass is 79.9. The van der Waals surface area contributed by atoms with Gasteiger partial charge in [-0.05, 0) is 28.1 Å². The molecular weight excluding hydrogens is 429 g/mol. The maximum atomic E-state index is 12.1. The number of carbonyl (C=O) groups is 1. The smallest absolute Gasteiger partial charge is 0.271 e. The van der Waals surface area contributed by atoms with E-state index in [4.69, 9.17) is 11.6 Å². The van der Waals surface area contributed by atoms with Gasteiger partial charge in [-0.25, -0.2) is 4.98 Å². The number of benzene rings is 1. The van der Waals surface area contributed by atoms with E-state index in [-0.39, 0.29) is 16.4 Å². The third-order valence-corrected chi connectivity index (χ3v) is 3.60. The van der Waals surface area contributed by atoms with Crippen molar-refractivity contribution in [1.29, 1.82) is 0 Å². The Kier molecular flexibility index (Phi) is 4.92. The molecule has 0 atom stereocenters. The SMILES string of the molecule is O=C(Nc1cc(Br)cnc1Cl)c1cc(Br)cc([N+](=O)[O-])c1. The van der Waals surface area contributed by atoms with Crippen molar-refractivity contribution in [1.82, 2.24) is 4.98 Å². The molecule has 21 heavy (non-hydrogen) atoms. The summed E-state index contributed by atoms with van der Waals surface area (Å²) in [6.07, 6.45) is 1.49. The Balaban J connectivity index is 2.32. The highest BCUT2D eigenvalue weighted by molar-refractivity contribution is 9.10. The number of anilines is 1. The van der Waals surface area contributed by atoms with E-state index in [1.54, 1.807) is 6.07 Å². The van der Waals surface area contributed by atoms with Crippen molar-refractivity contribution in [2.24, 2.45) is 0 Å². The maximum Gasteiger partial charge on any atom is 0.271 e. The Labute approximate surface area is 140 Å². The van der Waals surface area contributed by atoms with Crippen LogP contribution in [0.15, 0.2) is 39.4 Å². The number of nitrogens with zero attached hydrogens (tertiary/aromatic N) is 2. The average Bonchev–Trinajstić information content (AvgIpc) is 2.42. The molecule has 0 radical (unpaired) electrons. The summed E-state index contributed by atoms with van der Waals surface area (Å²) in [6.45, 7) is 0. The molecule has 0 bridgehead atoms. The van der Waals surface area contributed by atoms with Crippen molar-refractivity contribution in [3.05, 3.63) is 60.2 Å². The van der Waals surface area contributed by atoms with Gasteiger partial charge in [-0.1, -0.05) is 27.5 Å². The molecular formula is C12H6Br2ClN3O3. The molecule has 0 saturated heterocycles. The number of pyridine rings is 1. The molecule has 1 amide bonds. The van der Waals surface area contributed by atoms with E-state index in [0.717, 1.165) is 0 Å². The van der Waals surface area contributed by atoms with Gasteiger partial charge in [-0.15, -0.1) is 0 Å². The van der Waals surface area contributed by atoms with Crippen LogP contribution in [0.5, 0.6) is 0 Å². The van der Waals surface area contributed by atoms with Crippen LogP contribution in [0.2, 0.25) is 5.15 Å². The maximum absolute atomic E-state index is 12.1. The first kappa shape index (κ1) is 15.9. The van der Waals surface area contributed by atoms with E-state index in [1.807, 2.05) is 0 Å². The minimum absolute atomic E-state index is 0.121. The Morgan fingerprint density at radius 3 is 2.62 bits per heavy atom. The summed E-state index contributed by atoms with van der Waals surface area (Å²) >= 11 is 12.2. The number of carbonyl (C=O) groups excluding carboxylic acids is 1. The van der Waals surface area contributed by atoms with Crippen molar-refractivity contribution in [3.8, 4) is 0 Å². The van der Waals surface area contributed by atoms with Gasteiger partial charge < -0.3 is 5.32 Å². The van der Waals surface area contributed by atoms with Gasteiger partial charge in [0.1, 0.15) is 0 Å². The van der Waals surface area contributed by atoms with Crippen LogP contribution in [0, 0.1) is 10.1 Å². The fourth-order valence-corrected chi connectivity index (χ4v) is 2.48. The normalized spacial score (nSPS) is 10.2. The summed E-state index contributed by atoms with van der Waals surface area (Å²) in [7, 11) is 0. The summed E-state index contributed by atoms with van der Waals surface area (Å²) in [5.41, 5.74) is 0.249. The standard InChI is InChI=1S/C12H6Br2ClN3O3/c13-7-1-6(2-9(3-7)18(20)21)12(19)17-10-4-8(14)5-16-11(10)15/h1-5H,(H,17,19). The molecule has 0 saturated carbocycles. The number of hydrogen-bond acceptors (Lipinski definition) is 4. The van der Waals surface area contributed by atoms with Gasteiger partial charge in [0.25, 0.3) is 11.6 Å². The zero-order valence-electron chi connectivity index (χ0n) is 10.1. The number of aromatic nitrogens is 1. The van der Waals surface area contributed by atoms with E-state index >= 15 is 0 Å². The molecule has 0 fully saturated rings. The van der Waals surface area contributed by atoms with Crippen molar-refractivity contribution in [2.75, 3.05) is 5.32 Å². The lowest BCUT2D eigenvalue weighted by atomic mass is 10.2. The third-order valence-electron chi connectivity index (χ3n) is 2.41. The van der Waals surface area contributed by atoms with Gasteiger partial charge in [0.15, 0.2) is 5.15 Å². The number of non-ortho nitro benzene ring substituents is 1. The zero-order chi connectivity index (χ0) is 15.6. The molecule has 0 aliphatic heterocycles. The predicted octanol–water partition coefficient (Wildman–Crippen LogP) is 4.42. The molecule has 0 aliphatic carbocycles. The molecule has 1 aromatic carbocycles. The summed E-state index contributed by atoms with van der Waals surface area (Å²) in [5.74, 6) is -0.527. The van der Waals surface area contributed by atoms with Crippen LogP contribution in [0.4, 0.5) is 11.4 Å². The molecule has 0 unspecified atom stereocenters. The first-order valence-electron chi connectivity index (χ1n) is 5.44. The van der Waals surface area contributed by atoms with Crippen molar-refractivity contribution >= 4 is 60.7 Å². The van der Waals surface area contributed by atoms with E-state index in [9.17, 15) is 14.9 Å². The highest BCUT2D eigenvalue weighted by Gasteiger charge is 2.15. The second-order valence-corrected chi connectivity index (χ2v) is 6.09. The number of nitro benzene ring substituents is 1. The molecule has 9 heteroatoms. The van der Waals surface area contributed by atoms with E-state index < -0.39 is 10.8 Å². The fourth-order valence-electron chi connectivity index (χ4n) is 1.52. The van der Waals surface area contributed by atoms with E-state index in [2.05, 4.69) is 42.2 Å². The van der Waals surface area contributed by atoms with Crippen molar-refractivity contribution in [3.63, 3.8) is 0 Å². The lowest BCUT2D eigenvalue weighted by Crippen LogP contribution is -2.13. The number of hydrogen-bond donors (Lipinski definition) is 1. The summed E-state index contributed by atoms with van der Waals surface area (Å²) in [4.78, 5) is 26.2. The molecule has 6 nitrogen and oxygen atoms in total. The zero-order valence-corrected chi connectivity index (χ0v) is 14.1. The lowest BCUT2D eigenvalue weighted by Gasteiger charge is -2.07. The van der Waals surface area contributed by atoms with Crippen LogP contribution in [-0.2, 0) is 0 Å². The Morgan fingerprint density at radius 1 is 1.24 bits per heavy atom. The molecule has 2 rings (SSSR count). The minimum atomic E-state index is -0.574. The van der Waals surface area contributed by atoms with Gasteiger partial charge in [-0.3, -0.25) is 14.9 Å². The Bertz CT molecular complexity index is 740. The van der Waals surface area contributed by atoms with Crippen LogP contribution in [0.3, 0.4) is 0 Å². The Hall–Kier alpha value is -1.51. The number of nitro groups is 1. The fraction of sp³-hybridized carbons (Fsp3) is 0.